The zero-order valence-corrected chi connectivity index (χ0v) is 13.6. The third-order valence-electron chi connectivity index (χ3n) is 3.01. The first-order valence-electron chi connectivity index (χ1n) is 7.08. The number of hydrogen-bond donors (Lipinski definition) is 2. The highest BCUT2D eigenvalue weighted by Crippen LogP contribution is 2.09. The Bertz CT molecular complexity index is 461. The molecular weight excluding hydrogens is 268 g/mol. The lowest BCUT2D eigenvalue weighted by Crippen LogP contribution is -2.45. The van der Waals surface area contributed by atoms with E-state index in [1.54, 1.807) is 20.4 Å². The third-order valence-corrected chi connectivity index (χ3v) is 3.01. The zero-order chi connectivity index (χ0) is 15.7. The van der Waals surface area contributed by atoms with Crippen molar-refractivity contribution in [3.05, 3.63) is 23.9 Å². The first-order chi connectivity index (χ1) is 10.0. The van der Waals surface area contributed by atoms with Gasteiger partial charge in [0.1, 0.15) is 0 Å². The van der Waals surface area contributed by atoms with E-state index < -0.39 is 0 Å². The summed E-state index contributed by atoms with van der Waals surface area (Å²) in [6, 6.07) is 3.87. The third kappa shape index (κ3) is 6.44. The summed E-state index contributed by atoms with van der Waals surface area (Å²) in [4.78, 5) is 8.33. The van der Waals surface area contributed by atoms with Gasteiger partial charge in [-0.05, 0) is 32.4 Å². The van der Waals surface area contributed by atoms with Crippen molar-refractivity contribution in [1.82, 2.24) is 15.6 Å². The van der Waals surface area contributed by atoms with Crippen molar-refractivity contribution in [3.8, 4) is 5.88 Å². The Morgan fingerprint density at radius 3 is 2.76 bits per heavy atom. The van der Waals surface area contributed by atoms with Gasteiger partial charge in [0, 0.05) is 39.5 Å². The Balaban J connectivity index is 2.50. The molecule has 0 amide bonds. The monoisotopic (exact) mass is 294 g/mol. The zero-order valence-electron chi connectivity index (χ0n) is 13.6. The van der Waals surface area contributed by atoms with Crippen LogP contribution in [0.25, 0.3) is 0 Å². The molecule has 0 fully saturated rings. The molecule has 0 spiro atoms. The molecule has 1 rings (SSSR count). The number of aromatic nitrogens is 1. The molecule has 1 aromatic heterocycles. The first-order valence-corrected chi connectivity index (χ1v) is 7.08. The number of nitrogens with one attached hydrogen (secondary N) is 2. The van der Waals surface area contributed by atoms with Crippen LogP contribution in [0, 0.1) is 0 Å². The normalized spacial score (nSPS) is 12.1. The molecule has 0 bridgehead atoms. The summed E-state index contributed by atoms with van der Waals surface area (Å²) < 4.78 is 10.8. The molecule has 0 radical (unpaired) electrons. The molecule has 118 valence electrons. The Hall–Kier alpha value is -1.82. The number of aliphatic imine (C=N–C) groups is 1. The second-order valence-corrected chi connectivity index (χ2v) is 5.18. The van der Waals surface area contributed by atoms with Gasteiger partial charge in [-0.15, -0.1) is 0 Å². The van der Waals surface area contributed by atoms with Gasteiger partial charge in [-0.2, -0.15) is 0 Å². The molecule has 1 aromatic rings. The highest BCUT2D eigenvalue weighted by molar-refractivity contribution is 5.79. The summed E-state index contributed by atoms with van der Waals surface area (Å²) in [7, 11) is 3.44. The molecule has 6 heteroatoms. The van der Waals surface area contributed by atoms with Crippen LogP contribution in [-0.4, -0.2) is 43.9 Å². The summed E-state index contributed by atoms with van der Waals surface area (Å²) in [5.74, 6) is 1.37. The predicted molar refractivity (Wildman–Crippen MR) is 84.7 cm³/mol. The smallest absolute Gasteiger partial charge is 0.213 e. The maximum absolute atomic E-state index is 5.39. The minimum Gasteiger partial charge on any atom is -0.478 e. The predicted octanol–water partition coefficient (Wildman–Crippen LogP) is 1.57. The highest BCUT2D eigenvalue weighted by Gasteiger charge is 2.16. The van der Waals surface area contributed by atoms with Crippen LogP contribution in [0.4, 0.5) is 0 Å². The molecule has 21 heavy (non-hydrogen) atoms. The van der Waals surface area contributed by atoms with Gasteiger partial charge < -0.3 is 20.1 Å². The van der Waals surface area contributed by atoms with Crippen LogP contribution in [0.2, 0.25) is 0 Å². The van der Waals surface area contributed by atoms with E-state index in [4.69, 9.17) is 9.47 Å². The first kappa shape index (κ1) is 17.2. The van der Waals surface area contributed by atoms with Crippen LogP contribution < -0.4 is 15.4 Å². The van der Waals surface area contributed by atoms with Crippen molar-refractivity contribution in [3.63, 3.8) is 0 Å². The molecule has 0 saturated heterocycles. The standard InChI is InChI=1S/C15H26N4O2/c1-6-21-13-9-12(7-8-17-13)10-18-14(16-4)19-11-15(2,3)20-5/h7-9H,6,10-11H2,1-5H3,(H2,16,18,19). The molecule has 0 aliphatic heterocycles. The lowest BCUT2D eigenvalue weighted by atomic mass is 10.1. The fourth-order valence-corrected chi connectivity index (χ4v) is 1.56. The van der Waals surface area contributed by atoms with Crippen molar-refractivity contribution in [1.29, 1.82) is 0 Å². The quantitative estimate of drug-likeness (QED) is 0.590. The number of rotatable bonds is 7. The van der Waals surface area contributed by atoms with Crippen molar-refractivity contribution in [2.45, 2.75) is 32.9 Å². The molecule has 0 saturated carbocycles. The second-order valence-electron chi connectivity index (χ2n) is 5.18. The molecule has 0 atom stereocenters. The van der Waals surface area contributed by atoms with E-state index in [1.165, 1.54) is 0 Å². The van der Waals surface area contributed by atoms with E-state index in [1.807, 2.05) is 32.9 Å². The average molecular weight is 294 g/mol. The Morgan fingerprint density at radius 1 is 1.38 bits per heavy atom. The molecule has 1 heterocycles. The topological polar surface area (TPSA) is 67.8 Å². The van der Waals surface area contributed by atoms with Gasteiger partial charge in [0.05, 0.1) is 12.2 Å². The van der Waals surface area contributed by atoms with Crippen molar-refractivity contribution >= 4 is 5.96 Å². The molecule has 0 aromatic carbocycles. The van der Waals surface area contributed by atoms with E-state index >= 15 is 0 Å². The van der Waals surface area contributed by atoms with Crippen LogP contribution in [0.1, 0.15) is 26.3 Å². The van der Waals surface area contributed by atoms with E-state index in [-0.39, 0.29) is 5.60 Å². The van der Waals surface area contributed by atoms with Crippen LogP contribution in [0.5, 0.6) is 5.88 Å². The van der Waals surface area contributed by atoms with E-state index in [0.717, 1.165) is 11.5 Å². The summed E-state index contributed by atoms with van der Waals surface area (Å²) in [6.07, 6.45) is 1.74. The summed E-state index contributed by atoms with van der Waals surface area (Å²) in [5.41, 5.74) is 0.846. The van der Waals surface area contributed by atoms with Crippen molar-refractivity contribution in [2.75, 3.05) is 27.3 Å². The van der Waals surface area contributed by atoms with Crippen molar-refractivity contribution in [2.24, 2.45) is 4.99 Å². The lowest BCUT2D eigenvalue weighted by Gasteiger charge is -2.24. The maximum atomic E-state index is 5.39. The van der Waals surface area contributed by atoms with Crippen LogP contribution in [-0.2, 0) is 11.3 Å². The molecule has 0 aliphatic rings. The Morgan fingerprint density at radius 2 is 2.14 bits per heavy atom. The van der Waals surface area contributed by atoms with E-state index in [2.05, 4.69) is 20.6 Å². The van der Waals surface area contributed by atoms with Crippen molar-refractivity contribution < 1.29 is 9.47 Å². The van der Waals surface area contributed by atoms with E-state index in [0.29, 0.717) is 25.6 Å². The maximum Gasteiger partial charge on any atom is 0.213 e. The van der Waals surface area contributed by atoms with Gasteiger partial charge in [-0.3, -0.25) is 4.99 Å². The fraction of sp³-hybridized carbons (Fsp3) is 0.600. The summed E-state index contributed by atoms with van der Waals surface area (Å²) in [6.45, 7) is 7.91. The second kappa shape index (κ2) is 8.46. The minimum absolute atomic E-state index is 0.240. The van der Waals surface area contributed by atoms with Crippen LogP contribution in [0.15, 0.2) is 23.3 Å². The lowest BCUT2D eigenvalue weighted by molar-refractivity contribution is 0.0268. The fourth-order valence-electron chi connectivity index (χ4n) is 1.56. The van der Waals surface area contributed by atoms with Gasteiger partial charge in [0.2, 0.25) is 5.88 Å². The number of hydrogen-bond acceptors (Lipinski definition) is 4. The van der Waals surface area contributed by atoms with E-state index in [9.17, 15) is 0 Å². The minimum atomic E-state index is -0.240. The Labute approximate surface area is 127 Å². The molecular formula is C15H26N4O2. The molecule has 2 N–H and O–H groups in total. The van der Waals surface area contributed by atoms with Gasteiger partial charge in [0.25, 0.3) is 0 Å². The SMILES string of the molecule is CCOc1cc(CNC(=NC)NCC(C)(C)OC)ccn1. The van der Waals surface area contributed by atoms with Gasteiger partial charge >= 0.3 is 0 Å². The van der Waals surface area contributed by atoms with Crippen LogP contribution >= 0.6 is 0 Å². The number of ether oxygens (including phenoxy) is 2. The van der Waals surface area contributed by atoms with Gasteiger partial charge in [-0.25, -0.2) is 4.98 Å². The number of methoxy groups -OCH3 is 1. The molecule has 0 unspecified atom stereocenters. The average Bonchev–Trinajstić information content (AvgIpc) is 2.48. The highest BCUT2D eigenvalue weighted by atomic mass is 16.5. The van der Waals surface area contributed by atoms with Gasteiger partial charge in [0.15, 0.2) is 5.96 Å². The number of nitrogens with zero attached hydrogens (tertiary/aromatic N) is 2. The molecule has 0 aliphatic carbocycles. The number of guanidine groups is 1. The van der Waals surface area contributed by atoms with Gasteiger partial charge in [-0.1, -0.05) is 0 Å². The molecule has 6 nitrogen and oxygen atoms in total. The largest absolute Gasteiger partial charge is 0.478 e. The summed E-state index contributed by atoms with van der Waals surface area (Å²) >= 11 is 0. The number of pyridine rings is 1. The Kier molecular flexibility index (Phi) is 6.94. The van der Waals surface area contributed by atoms with Crippen LogP contribution in [0.3, 0.4) is 0 Å². The summed E-state index contributed by atoms with van der Waals surface area (Å²) in [5, 5.41) is 6.49.